The van der Waals surface area contributed by atoms with E-state index >= 15 is 0 Å². The van der Waals surface area contributed by atoms with Crippen molar-refractivity contribution < 1.29 is 9.53 Å². The molecule has 0 aromatic heterocycles. The molecule has 3 unspecified atom stereocenters. The highest BCUT2D eigenvalue weighted by Crippen LogP contribution is 2.29. The van der Waals surface area contributed by atoms with Gasteiger partial charge in [0.2, 0.25) is 0 Å². The average molecular weight is 395 g/mol. The van der Waals surface area contributed by atoms with Crippen LogP contribution >= 0.6 is 0 Å². The molecule has 156 valence electrons. The zero-order valence-electron chi connectivity index (χ0n) is 18.4. The summed E-state index contributed by atoms with van der Waals surface area (Å²) in [4.78, 5) is 18.1. The Hall–Kier alpha value is -2.17. The zero-order valence-corrected chi connectivity index (χ0v) is 18.4. The van der Waals surface area contributed by atoms with Gasteiger partial charge in [-0.2, -0.15) is 0 Å². The maximum Gasteiger partial charge on any atom is 0.183 e. The van der Waals surface area contributed by atoms with Crippen molar-refractivity contribution in [3.63, 3.8) is 0 Å². The van der Waals surface area contributed by atoms with Crippen LogP contribution in [0.5, 0.6) is 0 Å². The van der Waals surface area contributed by atoms with Crippen molar-refractivity contribution in [3.8, 4) is 0 Å². The molecule has 1 aliphatic heterocycles. The van der Waals surface area contributed by atoms with Gasteiger partial charge < -0.3 is 9.64 Å². The van der Waals surface area contributed by atoms with Gasteiger partial charge in [0.1, 0.15) is 0 Å². The van der Waals surface area contributed by atoms with Crippen molar-refractivity contribution in [2.24, 2.45) is 0 Å². The Morgan fingerprint density at radius 3 is 2.14 bits per heavy atom. The summed E-state index contributed by atoms with van der Waals surface area (Å²) in [6.07, 6.45) is 1.89. The largest absolute Gasteiger partial charge is 0.372 e. The third kappa shape index (κ3) is 4.71. The molecule has 0 spiro atoms. The van der Waals surface area contributed by atoms with Crippen LogP contribution in [-0.4, -0.2) is 55.6 Å². The van der Waals surface area contributed by atoms with Crippen LogP contribution in [0.1, 0.15) is 43.1 Å². The van der Waals surface area contributed by atoms with Gasteiger partial charge in [-0.05, 0) is 70.6 Å². The summed E-state index contributed by atoms with van der Waals surface area (Å²) in [6, 6.07) is 18.4. The molecule has 4 nitrogen and oxygen atoms in total. The van der Waals surface area contributed by atoms with Crippen molar-refractivity contribution in [2.45, 2.75) is 51.4 Å². The Morgan fingerprint density at radius 2 is 1.62 bits per heavy atom. The Morgan fingerprint density at radius 1 is 1.03 bits per heavy atom. The molecule has 2 aromatic rings. The number of ketones is 1. The highest BCUT2D eigenvalue weighted by Gasteiger charge is 2.39. The molecule has 3 atom stereocenters. The molecule has 3 rings (SSSR count). The van der Waals surface area contributed by atoms with Crippen LogP contribution in [0.4, 0.5) is 5.69 Å². The van der Waals surface area contributed by atoms with E-state index in [4.69, 9.17) is 4.74 Å². The summed E-state index contributed by atoms with van der Waals surface area (Å²) < 4.78 is 5.84. The van der Waals surface area contributed by atoms with Crippen LogP contribution < -0.4 is 4.90 Å². The first-order chi connectivity index (χ1) is 13.9. The van der Waals surface area contributed by atoms with E-state index in [9.17, 15) is 4.79 Å². The molecule has 0 N–H and O–H groups in total. The topological polar surface area (TPSA) is 32.8 Å². The van der Waals surface area contributed by atoms with Crippen LogP contribution in [0.2, 0.25) is 0 Å². The van der Waals surface area contributed by atoms with E-state index in [1.165, 1.54) is 5.56 Å². The predicted octanol–water partition coefficient (Wildman–Crippen LogP) is 4.44. The van der Waals surface area contributed by atoms with E-state index in [2.05, 4.69) is 54.8 Å². The van der Waals surface area contributed by atoms with Gasteiger partial charge in [-0.3, -0.25) is 9.69 Å². The fourth-order valence-electron chi connectivity index (χ4n) is 4.46. The highest BCUT2D eigenvalue weighted by atomic mass is 16.5. The molecular weight excluding hydrogens is 360 g/mol. The van der Waals surface area contributed by atoms with E-state index < -0.39 is 5.54 Å². The Kier molecular flexibility index (Phi) is 6.76. The normalized spacial score (nSPS) is 21.8. The number of likely N-dealkylation sites (N-methyl/N-ethyl adjacent to an activating group) is 1. The van der Waals surface area contributed by atoms with Crippen LogP contribution in [0.25, 0.3) is 0 Å². The molecular formula is C25H34N2O2. The lowest BCUT2D eigenvalue weighted by molar-refractivity contribution is -0.00522. The minimum Gasteiger partial charge on any atom is -0.372 e. The number of hydrogen-bond acceptors (Lipinski definition) is 4. The molecule has 2 aromatic carbocycles. The molecule has 1 aliphatic rings. The molecule has 1 heterocycles. The molecule has 1 saturated heterocycles. The Bertz CT molecular complexity index is 793. The first-order valence-electron chi connectivity index (χ1n) is 10.6. The summed E-state index contributed by atoms with van der Waals surface area (Å²) in [5.74, 6) is 0.184. The van der Waals surface area contributed by atoms with Crippen molar-refractivity contribution in [3.05, 3.63) is 65.7 Å². The number of anilines is 1. The second-order valence-corrected chi connectivity index (χ2v) is 8.48. The lowest BCUT2D eigenvalue weighted by Gasteiger charge is -2.38. The van der Waals surface area contributed by atoms with E-state index in [0.29, 0.717) is 6.42 Å². The second kappa shape index (κ2) is 9.10. The van der Waals surface area contributed by atoms with Gasteiger partial charge >= 0.3 is 0 Å². The van der Waals surface area contributed by atoms with Crippen molar-refractivity contribution in [2.75, 3.05) is 32.1 Å². The summed E-state index contributed by atoms with van der Waals surface area (Å²) in [5, 5.41) is 0. The predicted molar refractivity (Wildman–Crippen MR) is 120 cm³/mol. The monoisotopic (exact) mass is 394 g/mol. The smallest absolute Gasteiger partial charge is 0.183 e. The van der Waals surface area contributed by atoms with E-state index in [1.54, 1.807) is 0 Å². The molecule has 29 heavy (non-hydrogen) atoms. The number of ether oxygens (including phenoxy) is 1. The van der Waals surface area contributed by atoms with Gasteiger partial charge in [0.15, 0.2) is 5.78 Å². The van der Waals surface area contributed by atoms with Crippen molar-refractivity contribution in [1.82, 2.24) is 4.90 Å². The lowest BCUT2D eigenvalue weighted by Crippen LogP contribution is -2.52. The third-order valence-electron chi connectivity index (χ3n) is 6.12. The molecule has 0 radical (unpaired) electrons. The van der Waals surface area contributed by atoms with Gasteiger partial charge in [-0.1, -0.05) is 37.3 Å². The summed E-state index contributed by atoms with van der Waals surface area (Å²) in [5.41, 5.74) is 2.56. The number of nitrogens with zero attached hydrogens (tertiary/aromatic N) is 2. The van der Waals surface area contributed by atoms with Crippen LogP contribution in [-0.2, 0) is 11.2 Å². The van der Waals surface area contributed by atoms with Crippen molar-refractivity contribution >= 4 is 11.5 Å². The fraction of sp³-hybridized carbons (Fsp3) is 0.480. The van der Waals surface area contributed by atoms with Crippen LogP contribution in [0, 0.1) is 0 Å². The number of morpholine rings is 1. The van der Waals surface area contributed by atoms with Gasteiger partial charge in [-0.25, -0.2) is 0 Å². The number of rotatable bonds is 7. The molecule has 1 fully saturated rings. The van der Waals surface area contributed by atoms with Crippen LogP contribution in [0.3, 0.4) is 0 Å². The minimum atomic E-state index is -0.551. The lowest BCUT2D eigenvalue weighted by atomic mass is 9.80. The first-order valence-corrected chi connectivity index (χ1v) is 10.6. The van der Waals surface area contributed by atoms with Gasteiger partial charge in [0, 0.05) is 24.3 Å². The van der Waals surface area contributed by atoms with E-state index in [-0.39, 0.29) is 18.0 Å². The molecule has 0 bridgehead atoms. The van der Waals surface area contributed by atoms with E-state index in [1.807, 2.05) is 44.4 Å². The number of Topliss-reactive ketones (excluding diaryl/α,β-unsaturated/α-hetero) is 1. The van der Waals surface area contributed by atoms with Gasteiger partial charge in [0.25, 0.3) is 0 Å². The summed E-state index contributed by atoms with van der Waals surface area (Å²) in [6.45, 7) is 8.07. The average Bonchev–Trinajstić information content (AvgIpc) is 2.71. The third-order valence-corrected chi connectivity index (χ3v) is 6.12. The molecule has 0 aliphatic carbocycles. The SMILES string of the molecule is CCC(Cc1ccccc1)(C(=O)c1ccc(N2CC(C)OC(C)C2)cc1)N(C)C. The number of benzene rings is 2. The maximum absolute atomic E-state index is 13.7. The highest BCUT2D eigenvalue weighted by molar-refractivity contribution is 6.03. The fourth-order valence-corrected chi connectivity index (χ4v) is 4.46. The van der Waals surface area contributed by atoms with Gasteiger partial charge in [0.05, 0.1) is 17.7 Å². The molecule has 0 saturated carbocycles. The maximum atomic E-state index is 13.7. The number of carbonyl (C=O) groups is 1. The summed E-state index contributed by atoms with van der Waals surface area (Å²) >= 11 is 0. The van der Waals surface area contributed by atoms with Crippen molar-refractivity contribution in [1.29, 1.82) is 0 Å². The second-order valence-electron chi connectivity index (χ2n) is 8.48. The number of hydrogen-bond donors (Lipinski definition) is 0. The molecule has 0 amide bonds. The quantitative estimate of drug-likeness (QED) is 0.650. The number of carbonyl (C=O) groups excluding carboxylic acids is 1. The first kappa shape index (κ1) is 21.5. The minimum absolute atomic E-state index is 0.184. The van der Waals surface area contributed by atoms with E-state index in [0.717, 1.165) is 30.8 Å². The Balaban J connectivity index is 1.84. The standard InChI is InChI=1S/C25H34N2O2/c1-6-25(26(4)5,16-21-10-8-7-9-11-21)24(28)22-12-14-23(15-13-22)27-17-19(2)29-20(3)18-27/h7-15,19-20H,6,16-18H2,1-5H3. The van der Waals surface area contributed by atoms with Gasteiger partial charge in [-0.15, -0.1) is 0 Å². The Labute approximate surface area is 175 Å². The zero-order chi connectivity index (χ0) is 21.0. The van der Waals surface area contributed by atoms with Crippen LogP contribution in [0.15, 0.2) is 54.6 Å². The molecule has 4 heteroatoms. The summed E-state index contributed by atoms with van der Waals surface area (Å²) in [7, 11) is 4.02.